The van der Waals surface area contributed by atoms with Crippen LogP contribution < -0.4 is 10.6 Å². The molecule has 0 aliphatic heterocycles. The van der Waals surface area contributed by atoms with Gasteiger partial charge < -0.3 is 20.3 Å². The summed E-state index contributed by atoms with van der Waals surface area (Å²) < 4.78 is 5.27. The zero-order valence-electron chi connectivity index (χ0n) is 16.6. The fourth-order valence-electron chi connectivity index (χ4n) is 2.70. The Balaban J connectivity index is 1.90. The molecule has 0 radical (unpaired) electrons. The number of amides is 2. The minimum Gasteiger partial charge on any atom is -0.445 e. The molecule has 2 aromatic carbocycles. The molecule has 0 aromatic heterocycles. The van der Waals surface area contributed by atoms with E-state index in [2.05, 4.69) is 15.5 Å². The monoisotopic (exact) mass is 383 g/mol. The summed E-state index contributed by atoms with van der Waals surface area (Å²) >= 11 is 0. The largest absolute Gasteiger partial charge is 0.445 e. The molecule has 6 heteroatoms. The van der Waals surface area contributed by atoms with Gasteiger partial charge in [-0.1, -0.05) is 60.7 Å². The zero-order chi connectivity index (χ0) is 20.2. The number of carbonyl (C=O) groups is 2. The first kappa shape index (κ1) is 21.4. The minimum absolute atomic E-state index is 0.162. The predicted molar refractivity (Wildman–Crippen MR) is 110 cm³/mol. The van der Waals surface area contributed by atoms with E-state index in [1.807, 2.05) is 74.8 Å². The standard InChI is InChI=1S/C22H29N3O3/c1-25(2)15-9-14-23-21(26)20(16-18-10-5-3-6-11-18)24-22(27)28-17-19-12-7-4-8-13-19/h3-8,10-13,20H,9,14-17H2,1-2H3,(H,23,26)(H,24,27). The van der Waals surface area contributed by atoms with Gasteiger partial charge in [0.05, 0.1) is 0 Å². The van der Waals surface area contributed by atoms with Gasteiger partial charge in [-0.3, -0.25) is 4.79 Å². The normalized spacial score (nSPS) is 11.7. The molecule has 0 bridgehead atoms. The summed E-state index contributed by atoms with van der Waals surface area (Å²) in [6.07, 6.45) is 0.643. The van der Waals surface area contributed by atoms with Gasteiger partial charge in [0.1, 0.15) is 12.6 Å². The highest BCUT2D eigenvalue weighted by Crippen LogP contribution is 2.05. The van der Waals surface area contributed by atoms with Crippen LogP contribution in [0.3, 0.4) is 0 Å². The molecule has 0 heterocycles. The maximum absolute atomic E-state index is 12.6. The van der Waals surface area contributed by atoms with E-state index in [4.69, 9.17) is 4.74 Å². The molecule has 0 aliphatic rings. The number of nitrogens with one attached hydrogen (secondary N) is 2. The predicted octanol–water partition coefficient (Wildman–Crippen LogP) is 2.59. The van der Waals surface area contributed by atoms with Crippen molar-refractivity contribution in [2.45, 2.75) is 25.5 Å². The molecule has 2 amide bonds. The number of carbonyl (C=O) groups excluding carboxylic acids is 2. The molecular formula is C22H29N3O3. The van der Waals surface area contributed by atoms with Crippen molar-refractivity contribution >= 4 is 12.0 Å². The van der Waals surface area contributed by atoms with E-state index in [9.17, 15) is 9.59 Å². The van der Waals surface area contributed by atoms with Gasteiger partial charge in [-0.05, 0) is 38.2 Å². The van der Waals surface area contributed by atoms with Gasteiger partial charge in [0.25, 0.3) is 0 Å². The first-order chi connectivity index (χ1) is 13.5. The quantitative estimate of drug-likeness (QED) is 0.619. The van der Waals surface area contributed by atoms with Crippen LogP contribution >= 0.6 is 0 Å². The maximum atomic E-state index is 12.6. The second-order valence-corrected chi connectivity index (χ2v) is 6.90. The Labute approximate surface area is 166 Å². The van der Waals surface area contributed by atoms with Gasteiger partial charge >= 0.3 is 6.09 Å². The van der Waals surface area contributed by atoms with Crippen LogP contribution in [0.5, 0.6) is 0 Å². The Morgan fingerprint density at radius 2 is 1.57 bits per heavy atom. The van der Waals surface area contributed by atoms with Crippen LogP contribution in [0.1, 0.15) is 17.5 Å². The van der Waals surface area contributed by atoms with Crippen LogP contribution in [-0.4, -0.2) is 50.1 Å². The average molecular weight is 383 g/mol. The van der Waals surface area contributed by atoms with Gasteiger partial charge in [-0.2, -0.15) is 0 Å². The third kappa shape index (κ3) is 8.22. The Kier molecular flexibility index (Phi) is 9.01. The molecule has 1 unspecified atom stereocenters. The second-order valence-electron chi connectivity index (χ2n) is 6.90. The van der Waals surface area contributed by atoms with Gasteiger partial charge in [0.2, 0.25) is 5.91 Å². The van der Waals surface area contributed by atoms with E-state index in [-0.39, 0.29) is 12.5 Å². The third-order valence-electron chi connectivity index (χ3n) is 4.19. The maximum Gasteiger partial charge on any atom is 0.408 e. The molecule has 0 saturated carbocycles. The van der Waals surface area contributed by atoms with Crippen molar-refractivity contribution < 1.29 is 14.3 Å². The van der Waals surface area contributed by atoms with Crippen LogP contribution in [0.25, 0.3) is 0 Å². The Hall–Kier alpha value is -2.86. The van der Waals surface area contributed by atoms with Gasteiger partial charge in [-0.25, -0.2) is 4.79 Å². The number of alkyl carbamates (subject to hydrolysis) is 1. The molecule has 0 spiro atoms. The van der Waals surface area contributed by atoms with Crippen molar-refractivity contribution in [3.63, 3.8) is 0 Å². The molecule has 2 N–H and O–H groups in total. The molecule has 6 nitrogen and oxygen atoms in total. The van der Waals surface area contributed by atoms with E-state index in [1.165, 1.54) is 0 Å². The van der Waals surface area contributed by atoms with Crippen molar-refractivity contribution in [3.05, 3.63) is 71.8 Å². The minimum atomic E-state index is -0.690. The highest BCUT2D eigenvalue weighted by Gasteiger charge is 2.21. The number of benzene rings is 2. The molecule has 0 fully saturated rings. The van der Waals surface area contributed by atoms with Crippen molar-refractivity contribution in [2.24, 2.45) is 0 Å². The molecule has 0 saturated heterocycles. The molecule has 0 aliphatic carbocycles. The zero-order valence-corrected chi connectivity index (χ0v) is 16.6. The van der Waals surface area contributed by atoms with E-state index in [1.54, 1.807) is 0 Å². The molecule has 150 valence electrons. The Morgan fingerprint density at radius 1 is 0.964 bits per heavy atom. The van der Waals surface area contributed by atoms with E-state index in [0.29, 0.717) is 13.0 Å². The summed E-state index contributed by atoms with van der Waals surface area (Å²) in [6.45, 7) is 1.61. The molecular weight excluding hydrogens is 354 g/mol. The lowest BCUT2D eigenvalue weighted by molar-refractivity contribution is -0.123. The highest BCUT2D eigenvalue weighted by atomic mass is 16.5. The molecule has 2 aromatic rings. The summed E-state index contributed by atoms with van der Waals surface area (Å²) in [6, 6.07) is 18.4. The topological polar surface area (TPSA) is 70.7 Å². The lowest BCUT2D eigenvalue weighted by atomic mass is 10.1. The second kappa shape index (κ2) is 11.8. The fourth-order valence-corrected chi connectivity index (χ4v) is 2.70. The van der Waals surface area contributed by atoms with Gasteiger partial charge in [-0.15, -0.1) is 0 Å². The summed E-state index contributed by atoms with van der Waals surface area (Å²) in [7, 11) is 3.98. The van der Waals surface area contributed by atoms with Crippen molar-refractivity contribution in [1.29, 1.82) is 0 Å². The summed E-state index contributed by atoms with van der Waals surface area (Å²) in [5.41, 5.74) is 1.87. The average Bonchev–Trinajstić information content (AvgIpc) is 2.70. The van der Waals surface area contributed by atoms with Crippen molar-refractivity contribution in [3.8, 4) is 0 Å². The number of ether oxygens (including phenoxy) is 1. The Morgan fingerprint density at radius 3 is 2.18 bits per heavy atom. The summed E-state index contributed by atoms with van der Waals surface area (Å²) in [5.74, 6) is -0.209. The van der Waals surface area contributed by atoms with E-state index < -0.39 is 12.1 Å². The lowest BCUT2D eigenvalue weighted by Crippen LogP contribution is -2.48. The first-order valence-corrected chi connectivity index (χ1v) is 9.48. The smallest absolute Gasteiger partial charge is 0.408 e. The number of hydrogen-bond acceptors (Lipinski definition) is 4. The Bertz CT molecular complexity index is 720. The van der Waals surface area contributed by atoms with Crippen molar-refractivity contribution in [2.75, 3.05) is 27.2 Å². The SMILES string of the molecule is CN(C)CCCNC(=O)C(Cc1ccccc1)NC(=O)OCc1ccccc1. The number of rotatable bonds is 10. The molecule has 28 heavy (non-hydrogen) atoms. The number of nitrogens with zero attached hydrogens (tertiary/aromatic N) is 1. The summed E-state index contributed by atoms with van der Waals surface area (Å²) in [5, 5.41) is 5.60. The van der Waals surface area contributed by atoms with Crippen LogP contribution in [0, 0.1) is 0 Å². The molecule has 2 rings (SSSR count). The van der Waals surface area contributed by atoms with Crippen LogP contribution in [0.2, 0.25) is 0 Å². The molecule has 1 atom stereocenters. The third-order valence-corrected chi connectivity index (χ3v) is 4.19. The van der Waals surface area contributed by atoms with Crippen molar-refractivity contribution in [1.82, 2.24) is 15.5 Å². The summed E-state index contributed by atoms with van der Waals surface area (Å²) in [4.78, 5) is 26.9. The number of hydrogen-bond donors (Lipinski definition) is 2. The fraction of sp³-hybridized carbons (Fsp3) is 0.364. The van der Waals surface area contributed by atoms with Crippen LogP contribution in [0.4, 0.5) is 4.79 Å². The highest BCUT2D eigenvalue weighted by molar-refractivity contribution is 5.85. The lowest BCUT2D eigenvalue weighted by Gasteiger charge is -2.19. The first-order valence-electron chi connectivity index (χ1n) is 9.48. The van der Waals surface area contributed by atoms with Gasteiger partial charge in [0, 0.05) is 13.0 Å². The van der Waals surface area contributed by atoms with Gasteiger partial charge in [0.15, 0.2) is 0 Å². The van der Waals surface area contributed by atoms with Crippen LogP contribution in [0.15, 0.2) is 60.7 Å². The van der Waals surface area contributed by atoms with Crippen LogP contribution in [-0.2, 0) is 22.6 Å². The van der Waals surface area contributed by atoms with E-state index in [0.717, 1.165) is 24.1 Å². The van der Waals surface area contributed by atoms with E-state index >= 15 is 0 Å².